The smallest absolute Gasteiger partial charge is 0.282 e. The van der Waals surface area contributed by atoms with Crippen molar-refractivity contribution < 1.29 is 23.1 Å². The van der Waals surface area contributed by atoms with Crippen molar-refractivity contribution in [1.82, 2.24) is 19.4 Å². The van der Waals surface area contributed by atoms with Gasteiger partial charge in [0.2, 0.25) is 11.8 Å². The zero-order valence-electron chi connectivity index (χ0n) is 36.6. The minimum Gasteiger partial charge on any atom is -0.368 e. The second kappa shape index (κ2) is 16.7. The van der Waals surface area contributed by atoms with Crippen molar-refractivity contribution in [2.75, 3.05) is 67.3 Å². The van der Waals surface area contributed by atoms with Crippen LogP contribution in [0.1, 0.15) is 73.9 Å². The summed E-state index contributed by atoms with van der Waals surface area (Å²) in [6.45, 7) is 15.2. The summed E-state index contributed by atoms with van der Waals surface area (Å²) in [6.07, 6.45) is 3.84. The summed E-state index contributed by atoms with van der Waals surface area (Å²) in [6, 6.07) is 19.9. The van der Waals surface area contributed by atoms with E-state index >= 15 is 8.78 Å². The number of carbonyl (C=O) groups is 2. The van der Waals surface area contributed by atoms with Crippen molar-refractivity contribution >= 4 is 59.6 Å². The first kappa shape index (κ1) is 43.1. The van der Waals surface area contributed by atoms with Crippen molar-refractivity contribution in [2.24, 2.45) is 0 Å². The Bertz CT molecular complexity index is 2650. The Balaban J connectivity index is 0.827. The number of anilines is 3. The van der Waals surface area contributed by atoms with Crippen LogP contribution in [-0.4, -0.2) is 91.9 Å². The fourth-order valence-corrected chi connectivity index (χ4v) is 10.8. The lowest BCUT2D eigenvalue weighted by atomic mass is 9.83. The first-order chi connectivity index (χ1) is 30.1. The van der Waals surface area contributed by atoms with E-state index in [1.54, 1.807) is 6.07 Å². The van der Waals surface area contributed by atoms with Crippen molar-refractivity contribution in [1.29, 1.82) is 0 Å². The molecule has 0 bridgehead atoms. The Hall–Kier alpha value is -5.18. The largest absolute Gasteiger partial charge is 0.368 e. The van der Waals surface area contributed by atoms with Gasteiger partial charge in [0, 0.05) is 89.6 Å². The Morgan fingerprint density at radius 2 is 1.54 bits per heavy atom. The number of nitrogens with zero attached hydrogens (tertiary/aromatic N) is 7. The number of pyridine rings is 1. The summed E-state index contributed by atoms with van der Waals surface area (Å²) < 4.78 is 39.4. The molecule has 63 heavy (non-hydrogen) atoms. The molecule has 2 aromatic heterocycles. The number of carbonyl (C=O) groups excluding carboxylic acids is 2. The average Bonchev–Trinajstić information content (AvgIpc) is 3.48. The molecule has 1 atom stereocenters. The van der Waals surface area contributed by atoms with Crippen LogP contribution < -0.4 is 20.3 Å². The number of amides is 2. The van der Waals surface area contributed by atoms with Gasteiger partial charge < -0.3 is 19.4 Å². The van der Waals surface area contributed by atoms with Crippen molar-refractivity contribution in [3.63, 3.8) is 0 Å². The summed E-state index contributed by atoms with van der Waals surface area (Å²) in [4.78, 5) is 56.0. The van der Waals surface area contributed by atoms with Gasteiger partial charge in [-0.15, -0.1) is 0 Å². The van der Waals surface area contributed by atoms with Crippen LogP contribution in [0.4, 0.5) is 26.0 Å². The number of ether oxygens (including phenoxy) is 1. The van der Waals surface area contributed by atoms with Crippen LogP contribution in [-0.2, 0) is 19.7 Å². The topological polar surface area (TPSA) is 104 Å². The Kier molecular flexibility index (Phi) is 11.5. The number of hydrogen-bond acceptors (Lipinski definition) is 9. The molecule has 3 fully saturated rings. The quantitative estimate of drug-likeness (QED) is 0.0775. The van der Waals surface area contributed by atoms with Gasteiger partial charge in [-0.2, -0.15) is 4.98 Å². The van der Waals surface area contributed by atoms with Crippen LogP contribution >= 0.6 is 11.6 Å². The van der Waals surface area contributed by atoms with Gasteiger partial charge in [-0.25, -0.2) is 13.8 Å². The first-order valence-corrected chi connectivity index (χ1v) is 26.2. The molecular formula is C48H54ClF2N7O4Si. The number of aromatic nitrogens is 3. The van der Waals surface area contributed by atoms with Gasteiger partial charge in [-0.1, -0.05) is 49.4 Å². The van der Waals surface area contributed by atoms with E-state index in [9.17, 15) is 14.4 Å². The third-order valence-electron chi connectivity index (χ3n) is 13.5. The van der Waals surface area contributed by atoms with E-state index in [0.29, 0.717) is 54.8 Å². The van der Waals surface area contributed by atoms with Gasteiger partial charge in [0.15, 0.2) is 0 Å². The molecule has 2 amide bonds. The Morgan fingerprint density at radius 3 is 2.24 bits per heavy atom. The van der Waals surface area contributed by atoms with Gasteiger partial charge >= 0.3 is 0 Å². The van der Waals surface area contributed by atoms with E-state index in [-0.39, 0.29) is 36.6 Å². The summed E-state index contributed by atoms with van der Waals surface area (Å²) in [7, 11) is -1.37. The molecule has 4 aliphatic rings. The standard InChI is InChI=1S/C48H54ClF2N7O4Si/c1-48(2)35-11-9-31(25-40(35)58-39-8-6-7-36(49)44(39)45(60)53-47(48)58)30-14-17-56(18-15-30)41-28-32(13-16-52-41)54-19-21-55(22-20-54)33-26-37(50)43(38(51)27-33)34-10-12-42(59)57(46(34)61)29-62-23-24-63(3,4)5/h6-9,11,13,16,25-28,30,34H,10,12,14-15,17-24,29H2,1-5H3. The highest BCUT2D eigenvalue weighted by molar-refractivity contribution is 6.76. The monoisotopic (exact) mass is 893 g/mol. The number of piperazine rings is 1. The number of benzene rings is 3. The van der Waals surface area contributed by atoms with Crippen LogP contribution in [0.3, 0.4) is 0 Å². The van der Waals surface area contributed by atoms with E-state index in [1.165, 1.54) is 17.7 Å². The van der Waals surface area contributed by atoms with Crippen LogP contribution in [0.2, 0.25) is 30.7 Å². The second-order valence-corrected chi connectivity index (χ2v) is 25.2. The van der Waals surface area contributed by atoms with Crippen LogP contribution in [0, 0.1) is 11.6 Å². The number of likely N-dealkylation sites (tertiary alicyclic amines) is 1. The number of imide groups is 1. The van der Waals surface area contributed by atoms with E-state index in [0.717, 1.165) is 71.0 Å². The average molecular weight is 895 g/mol. The summed E-state index contributed by atoms with van der Waals surface area (Å²) in [5.74, 6) is -1.63. The SMILES string of the molecule is CC1(C)c2ccc(C3CCN(c4cc(N5CCN(c6cc(F)c(C7CCC(=O)N(COCC[Si](C)(C)C)C7=O)c(F)c6)CC5)ccn4)CC3)cc2-n2c1nc(=O)c1c(Cl)cccc12. The lowest BCUT2D eigenvalue weighted by molar-refractivity contribution is -0.155. The molecule has 1 unspecified atom stereocenters. The molecule has 5 aromatic rings. The van der Waals surface area contributed by atoms with E-state index in [4.69, 9.17) is 21.3 Å². The molecule has 0 spiro atoms. The predicted molar refractivity (Wildman–Crippen MR) is 246 cm³/mol. The molecule has 3 saturated heterocycles. The zero-order chi connectivity index (χ0) is 44.4. The van der Waals surface area contributed by atoms with Crippen LogP contribution in [0.5, 0.6) is 0 Å². The molecule has 0 radical (unpaired) electrons. The molecule has 0 saturated carbocycles. The molecule has 11 nitrogen and oxygen atoms in total. The molecule has 9 rings (SSSR count). The normalized spacial score (nSPS) is 19.3. The lowest BCUT2D eigenvalue weighted by Gasteiger charge is -2.38. The van der Waals surface area contributed by atoms with Crippen LogP contribution in [0.25, 0.3) is 16.6 Å². The van der Waals surface area contributed by atoms with Crippen molar-refractivity contribution in [2.45, 2.75) is 82.5 Å². The summed E-state index contributed by atoms with van der Waals surface area (Å²) >= 11 is 6.52. The summed E-state index contributed by atoms with van der Waals surface area (Å²) in [5, 5.41) is 0.845. The highest BCUT2D eigenvalue weighted by Gasteiger charge is 2.40. The highest BCUT2D eigenvalue weighted by Crippen LogP contribution is 2.45. The molecule has 15 heteroatoms. The second-order valence-electron chi connectivity index (χ2n) is 19.1. The van der Waals surface area contributed by atoms with Crippen molar-refractivity contribution in [3.05, 3.63) is 116 Å². The number of piperidine rings is 2. The molecule has 0 N–H and O–H groups in total. The van der Waals surface area contributed by atoms with Crippen molar-refractivity contribution in [3.8, 4) is 5.69 Å². The fraction of sp³-hybridized carbons (Fsp3) is 0.438. The third-order valence-corrected chi connectivity index (χ3v) is 15.6. The minimum absolute atomic E-state index is 0.0214. The van der Waals surface area contributed by atoms with Gasteiger partial charge in [-0.3, -0.25) is 23.9 Å². The first-order valence-electron chi connectivity index (χ1n) is 22.1. The maximum absolute atomic E-state index is 15.8. The fourth-order valence-electron chi connectivity index (χ4n) is 9.83. The Morgan fingerprint density at radius 1 is 0.841 bits per heavy atom. The maximum Gasteiger partial charge on any atom is 0.282 e. The molecule has 3 aromatic carbocycles. The van der Waals surface area contributed by atoms with E-state index in [1.807, 2.05) is 29.3 Å². The van der Waals surface area contributed by atoms with Gasteiger partial charge in [-0.05, 0) is 92.6 Å². The van der Waals surface area contributed by atoms with Gasteiger partial charge in [0.25, 0.3) is 5.56 Å². The Labute approximate surface area is 372 Å². The molecule has 6 heterocycles. The lowest BCUT2D eigenvalue weighted by Crippen LogP contribution is -2.47. The van der Waals surface area contributed by atoms with Gasteiger partial charge in [0.05, 0.1) is 32.9 Å². The molecule has 4 aliphatic heterocycles. The number of hydrogen-bond donors (Lipinski definition) is 0. The number of fused-ring (bicyclic) bond motifs is 5. The predicted octanol–water partition coefficient (Wildman–Crippen LogP) is 8.61. The maximum atomic E-state index is 15.8. The minimum atomic E-state index is -1.37. The molecule has 0 aliphatic carbocycles. The zero-order valence-corrected chi connectivity index (χ0v) is 38.4. The molecular weight excluding hydrogens is 840 g/mol. The van der Waals surface area contributed by atoms with Crippen LogP contribution in [0.15, 0.2) is 71.7 Å². The van der Waals surface area contributed by atoms with E-state index in [2.05, 4.69) is 77.1 Å². The highest BCUT2D eigenvalue weighted by atomic mass is 35.5. The number of halogens is 3. The molecule has 330 valence electrons. The summed E-state index contributed by atoms with van der Waals surface area (Å²) in [5.41, 5.74) is 4.67. The van der Waals surface area contributed by atoms with Gasteiger partial charge in [0.1, 0.15) is 30.0 Å². The van der Waals surface area contributed by atoms with E-state index < -0.39 is 36.9 Å². The number of rotatable bonds is 10. The third kappa shape index (κ3) is 8.14.